The first-order valence-corrected chi connectivity index (χ1v) is 8.38. The van der Waals surface area contributed by atoms with Crippen LogP contribution in [0.1, 0.15) is 17.5 Å². The number of nitrogens with zero attached hydrogens (tertiary/aromatic N) is 2. The van der Waals surface area contributed by atoms with Gasteiger partial charge in [0, 0.05) is 38.6 Å². The van der Waals surface area contributed by atoms with E-state index in [-0.39, 0.29) is 6.10 Å². The average molecular weight is 326 g/mol. The summed E-state index contributed by atoms with van der Waals surface area (Å²) in [4.78, 5) is 6.73. The lowest BCUT2D eigenvalue weighted by Crippen LogP contribution is -2.37. The van der Waals surface area contributed by atoms with Crippen molar-refractivity contribution in [3.8, 4) is 11.5 Å². The fourth-order valence-electron chi connectivity index (χ4n) is 3.65. The quantitative estimate of drug-likeness (QED) is 0.845. The van der Waals surface area contributed by atoms with Gasteiger partial charge < -0.3 is 14.2 Å². The summed E-state index contributed by atoms with van der Waals surface area (Å²) in [6.45, 7) is 2.25. The molecular formula is C19H22N2O3. The SMILES string of the molecule is CO[C@@H]1CCN(Cc2ccc3c(c2)OCO3)[C@@H]1Cc1cccnc1. The number of fused-ring (bicyclic) bond motifs is 1. The Morgan fingerprint density at radius 1 is 1.21 bits per heavy atom. The van der Waals surface area contributed by atoms with Crippen molar-refractivity contribution in [2.45, 2.75) is 31.5 Å². The first-order valence-electron chi connectivity index (χ1n) is 8.38. The van der Waals surface area contributed by atoms with E-state index in [1.807, 2.05) is 31.6 Å². The van der Waals surface area contributed by atoms with Gasteiger partial charge in [-0.3, -0.25) is 9.88 Å². The van der Waals surface area contributed by atoms with Gasteiger partial charge in [-0.1, -0.05) is 12.1 Å². The topological polar surface area (TPSA) is 43.8 Å². The predicted octanol–water partition coefficient (Wildman–Crippen LogP) is 2.64. The Kier molecular flexibility index (Phi) is 4.36. The van der Waals surface area contributed by atoms with Crippen LogP contribution in [0, 0.1) is 0 Å². The van der Waals surface area contributed by atoms with Gasteiger partial charge in [-0.05, 0) is 42.2 Å². The molecule has 126 valence electrons. The molecule has 0 radical (unpaired) electrons. The fourth-order valence-corrected chi connectivity index (χ4v) is 3.65. The highest BCUT2D eigenvalue weighted by Crippen LogP contribution is 2.34. The van der Waals surface area contributed by atoms with Crippen LogP contribution in [0.5, 0.6) is 11.5 Å². The summed E-state index contributed by atoms with van der Waals surface area (Å²) in [6.07, 6.45) is 6.04. The van der Waals surface area contributed by atoms with Crippen LogP contribution < -0.4 is 9.47 Å². The van der Waals surface area contributed by atoms with E-state index >= 15 is 0 Å². The molecule has 0 aliphatic carbocycles. The molecule has 2 aliphatic heterocycles. The number of hydrogen-bond acceptors (Lipinski definition) is 5. The molecule has 3 heterocycles. The minimum atomic E-state index is 0.263. The average Bonchev–Trinajstić information content (AvgIpc) is 3.23. The Morgan fingerprint density at radius 2 is 2.12 bits per heavy atom. The maximum absolute atomic E-state index is 5.73. The number of likely N-dealkylation sites (tertiary alicyclic amines) is 1. The molecule has 1 aromatic carbocycles. The third kappa shape index (κ3) is 3.09. The number of methoxy groups -OCH3 is 1. The molecule has 2 aliphatic rings. The summed E-state index contributed by atoms with van der Waals surface area (Å²) in [5, 5.41) is 0. The molecule has 4 rings (SSSR count). The van der Waals surface area contributed by atoms with E-state index in [1.165, 1.54) is 11.1 Å². The lowest BCUT2D eigenvalue weighted by molar-refractivity contribution is 0.0638. The maximum Gasteiger partial charge on any atom is 0.231 e. The van der Waals surface area contributed by atoms with Gasteiger partial charge in [-0.25, -0.2) is 0 Å². The molecule has 1 aromatic heterocycles. The van der Waals surface area contributed by atoms with E-state index < -0.39 is 0 Å². The number of hydrogen-bond donors (Lipinski definition) is 0. The third-order valence-electron chi connectivity index (χ3n) is 4.89. The Morgan fingerprint density at radius 3 is 2.96 bits per heavy atom. The molecule has 0 bridgehead atoms. The van der Waals surface area contributed by atoms with Gasteiger partial charge in [-0.2, -0.15) is 0 Å². The summed E-state index contributed by atoms with van der Waals surface area (Å²) in [6, 6.07) is 10.7. The standard InChI is InChI=1S/C19H22N2O3/c1-22-17-6-8-21(16(17)9-14-3-2-7-20-11-14)12-15-4-5-18-19(10-15)24-13-23-18/h2-5,7,10-11,16-17H,6,8-9,12-13H2,1H3/t16-,17-/m1/s1. The van der Waals surface area contributed by atoms with Gasteiger partial charge in [0.25, 0.3) is 0 Å². The molecule has 1 saturated heterocycles. The molecule has 0 spiro atoms. The molecule has 0 unspecified atom stereocenters. The zero-order chi connectivity index (χ0) is 16.4. The number of ether oxygens (including phenoxy) is 3. The van der Waals surface area contributed by atoms with Crippen LogP contribution in [0.2, 0.25) is 0 Å². The second-order valence-electron chi connectivity index (χ2n) is 6.35. The van der Waals surface area contributed by atoms with Crippen LogP contribution >= 0.6 is 0 Å². The molecule has 24 heavy (non-hydrogen) atoms. The Hall–Kier alpha value is -2.11. The van der Waals surface area contributed by atoms with E-state index in [0.717, 1.165) is 37.4 Å². The number of aromatic nitrogens is 1. The molecule has 1 fully saturated rings. The van der Waals surface area contributed by atoms with Crippen molar-refractivity contribution in [3.05, 3.63) is 53.9 Å². The number of pyridine rings is 1. The highest BCUT2D eigenvalue weighted by atomic mass is 16.7. The minimum Gasteiger partial charge on any atom is -0.454 e. The van der Waals surface area contributed by atoms with Crippen molar-refractivity contribution in [3.63, 3.8) is 0 Å². The zero-order valence-corrected chi connectivity index (χ0v) is 13.9. The first kappa shape index (κ1) is 15.4. The van der Waals surface area contributed by atoms with Gasteiger partial charge in [0.1, 0.15) is 0 Å². The molecule has 2 atom stereocenters. The monoisotopic (exact) mass is 326 g/mol. The zero-order valence-electron chi connectivity index (χ0n) is 13.9. The second-order valence-corrected chi connectivity index (χ2v) is 6.35. The number of benzene rings is 1. The van der Waals surface area contributed by atoms with E-state index in [4.69, 9.17) is 14.2 Å². The third-order valence-corrected chi connectivity index (χ3v) is 4.89. The summed E-state index contributed by atoms with van der Waals surface area (Å²) in [7, 11) is 1.81. The van der Waals surface area contributed by atoms with Crippen molar-refractivity contribution in [2.24, 2.45) is 0 Å². The lowest BCUT2D eigenvalue weighted by atomic mass is 10.0. The number of rotatable bonds is 5. The van der Waals surface area contributed by atoms with Crippen LogP contribution in [-0.2, 0) is 17.7 Å². The Labute approximate surface area is 142 Å². The van der Waals surface area contributed by atoms with E-state index in [0.29, 0.717) is 12.8 Å². The van der Waals surface area contributed by atoms with E-state index in [9.17, 15) is 0 Å². The highest BCUT2D eigenvalue weighted by molar-refractivity contribution is 5.44. The Balaban J connectivity index is 1.50. The van der Waals surface area contributed by atoms with Crippen LogP contribution in [-0.4, -0.2) is 42.5 Å². The molecule has 5 heteroatoms. The van der Waals surface area contributed by atoms with E-state index in [2.05, 4.69) is 28.1 Å². The van der Waals surface area contributed by atoms with Crippen LogP contribution in [0.4, 0.5) is 0 Å². The maximum atomic E-state index is 5.73. The van der Waals surface area contributed by atoms with Gasteiger partial charge >= 0.3 is 0 Å². The Bertz CT molecular complexity index is 692. The second kappa shape index (κ2) is 6.79. The summed E-state index contributed by atoms with van der Waals surface area (Å²) < 4.78 is 16.6. The molecular weight excluding hydrogens is 304 g/mol. The fraction of sp³-hybridized carbons (Fsp3) is 0.421. The summed E-state index contributed by atoms with van der Waals surface area (Å²) >= 11 is 0. The van der Waals surface area contributed by atoms with Crippen molar-refractivity contribution in [2.75, 3.05) is 20.4 Å². The smallest absolute Gasteiger partial charge is 0.231 e. The first-order chi connectivity index (χ1) is 11.8. The lowest BCUT2D eigenvalue weighted by Gasteiger charge is -2.27. The van der Waals surface area contributed by atoms with Crippen LogP contribution in [0.3, 0.4) is 0 Å². The highest BCUT2D eigenvalue weighted by Gasteiger charge is 2.34. The van der Waals surface area contributed by atoms with E-state index in [1.54, 1.807) is 0 Å². The van der Waals surface area contributed by atoms with Crippen molar-refractivity contribution < 1.29 is 14.2 Å². The van der Waals surface area contributed by atoms with Crippen molar-refractivity contribution in [1.29, 1.82) is 0 Å². The molecule has 5 nitrogen and oxygen atoms in total. The van der Waals surface area contributed by atoms with Gasteiger partial charge in [0.05, 0.1) is 6.10 Å². The summed E-state index contributed by atoms with van der Waals surface area (Å²) in [5.74, 6) is 1.68. The largest absolute Gasteiger partial charge is 0.454 e. The van der Waals surface area contributed by atoms with Gasteiger partial charge in [-0.15, -0.1) is 0 Å². The molecule has 0 N–H and O–H groups in total. The minimum absolute atomic E-state index is 0.263. The van der Waals surface area contributed by atoms with Crippen molar-refractivity contribution in [1.82, 2.24) is 9.88 Å². The van der Waals surface area contributed by atoms with Crippen LogP contribution in [0.25, 0.3) is 0 Å². The van der Waals surface area contributed by atoms with Crippen molar-refractivity contribution >= 4 is 0 Å². The molecule has 0 saturated carbocycles. The summed E-state index contributed by atoms with van der Waals surface area (Å²) in [5.41, 5.74) is 2.49. The predicted molar refractivity (Wildman–Crippen MR) is 90.1 cm³/mol. The normalized spacial score (nSPS) is 22.9. The molecule has 0 amide bonds. The molecule has 2 aromatic rings. The van der Waals surface area contributed by atoms with Gasteiger partial charge in [0.2, 0.25) is 6.79 Å². The van der Waals surface area contributed by atoms with Crippen LogP contribution in [0.15, 0.2) is 42.7 Å². The van der Waals surface area contributed by atoms with Gasteiger partial charge in [0.15, 0.2) is 11.5 Å².